The quantitative estimate of drug-likeness (QED) is 0.629. The molecule has 0 N–H and O–H groups in total. The van der Waals surface area contributed by atoms with Crippen molar-refractivity contribution < 1.29 is 0 Å². The van der Waals surface area contributed by atoms with Gasteiger partial charge in [-0.15, -0.1) is 0 Å². The maximum Gasteiger partial charge on any atom is 0.0348 e. The van der Waals surface area contributed by atoms with Gasteiger partial charge in [-0.2, -0.15) is 0 Å². The van der Waals surface area contributed by atoms with Crippen molar-refractivity contribution in [3.05, 3.63) is 59.2 Å². The molecule has 1 nitrogen and oxygen atoms in total. The maximum absolute atomic E-state index is 2.51. The molecule has 1 aliphatic carbocycles. The van der Waals surface area contributed by atoms with Gasteiger partial charge in [-0.25, -0.2) is 0 Å². The van der Waals surface area contributed by atoms with Crippen molar-refractivity contribution >= 4 is 0 Å². The summed E-state index contributed by atoms with van der Waals surface area (Å²) in [6.07, 6.45) is 3.76. The van der Waals surface area contributed by atoms with E-state index in [0.29, 0.717) is 6.04 Å². The van der Waals surface area contributed by atoms with Crippen molar-refractivity contribution in [3.63, 3.8) is 0 Å². The predicted molar refractivity (Wildman–Crippen MR) is 79.3 cm³/mol. The topological polar surface area (TPSA) is 3.24 Å². The Balaban J connectivity index is 1.85. The third-order valence-electron chi connectivity index (χ3n) is 4.77. The van der Waals surface area contributed by atoms with Gasteiger partial charge in [0.15, 0.2) is 0 Å². The minimum absolute atomic E-state index is 0.629. The summed E-state index contributed by atoms with van der Waals surface area (Å²) in [5.74, 6) is 0. The summed E-state index contributed by atoms with van der Waals surface area (Å²) in [4.78, 5) is 2.51. The molecule has 0 saturated carbocycles. The van der Waals surface area contributed by atoms with Crippen LogP contribution in [0.1, 0.15) is 35.6 Å². The molecule has 1 atom stereocenters. The van der Waals surface area contributed by atoms with E-state index in [1.807, 2.05) is 0 Å². The van der Waals surface area contributed by atoms with Crippen LogP contribution in [0.25, 0.3) is 11.1 Å². The molecule has 2 aromatic carbocycles. The Morgan fingerprint density at radius 1 is 1.00 bits per heavy atom. The molecule has 1 fully saturated rings. The molecule has 1 saturated heterocycles. The van der Waals surface area contributed by atoms with Crippen molar-refractivity contribution in [1.82, 2.24) is 4.90 Å². The molecular formula is C18H19N. The highest BCUT2D eigenvalue weighted by atomic mass is 15.1. The van der Waals surface area contributed by atoms with Crippen LogP contribution in [0.15, 0.2) is 42.5 Å². The fourth-order valence-corrected chi connectivity index (χ4v) is 3.80. The van der Waals surface area contributed by atoms with E-state index < -0.39 is 0 Å². The van der Waals surface area contributed by atoms with Crippen LogP contribution in [-0.4, -0.2) is 18.5 Å². The number of hydrogen-bond acceptors (Lipinski definition) is 1. The van der Waals surface area contributed by atoms with Crippen molar-refractivity contribution in [1.29, 1.82) is 0 Å². The van der Waals surface area contributed by atoms with Gasteiger partial charge in [0, 0.05) is 6.04 Å². The average molecular weight is 249 g/mol. The first-order chi connectivity index (χ1) is 9.34. The number of hydrogen-bond donors (Lipinski definition) is 0. The molecule has 1 unspecified atom stereocenters. The van der Waals surface area contributed by atoms with Crippen LogP contribution >= 0.6 is 0 Å². The van der Waals surface area contributed by atoms with Crippen molar-refractivity contribution in [2.45, 2.75) is 25.3 Å². The van der Waals surface area contributed by atoms with Crippen LogP contribution in [-0.2, 0) is 6.42 Å². The van der Waals surface area contributed by atoms with Crippen LogP contribution in [0.2, 0.25) is 0 Å². The van der Waals surface area contributed by atoms with Crippen molar-refractivity contribution in [2.24, 2.45) is 0 Å². The molecule has 0 aromatic heterocycles. The predicted octanol–water partition coefficient (Wildman–Crippen LogP) is 4.02. The second-order valence-corrected chi connectivity index (χ2v) is 5.85. The molecule has 1 heteroatoms. The molecule has 96 valence electrons. The summed E-state index contributed by atoms with van der Waals surface area (Å²) < 4.78 is 0. The van der Waals surface area contributed by atoms with Crippen LogP contribution in [0, 0.1) is 0 Å². The number of rotatable bonds is 1. The first-order valence-electron chi connectivity index (χ1n) is 7.25. The number of likely N-dealkylation sites (tertiary alicyclic amines) is 1. The standard InChI is InChI=1S/C18H19N/c1-19-11-5-10-18(19)16-9-4-8-15-14-7-3-2-6-13(14)12-17(15)16/h2-4,6-9,18H,5,10-12H2,1H3. The fourth-order valence-electron chi connectivity index (χ4n) is 3.80. The molecular weight excluding hydrogens is 230 g/mol. The van der Waals surface area contributed by atoms with Gasteiger partial charge in [0.2, 0.25) is 0 Å². The van der Waals surface area contributed by atoms with Crippen molar-refractivity contribution in [3.8, 4) is 11.1 Å². The molecule has 0 bridgehead atoms. The van der Waals surface area contributed by atoms with Gasteiger partial charge >= 0.3 is 0 Å². The molecule has 2 aliphatic rings. The van der Waals surface area contributed by atoms with E-state index in [9.17, 15) is 0 Å². The minimum Gasteiger partial charge on any atom is -0.299 e. The molecule has 0 spiro atoms. The van der Waals surface area contributed by atoms with Gasteiger partial charge in [0.05, 0.1) is 0 Å². The molecule has 0 amide bonds. The molecule has 19 heavy (non-hydrogen) atoms. The zero-order chi connectivity index (χ0) is 12.8. The number of benzene rings is 2. The summed E-state index contributed by atoms with van der Waals surface area (Å²) in [6.45, 7) is 1.24. The van der Waals surface area contributed by atoms with E-state index >= 15 is 0 Å². The molecule has 1 heterocycles. The van der Waals surface area contributed by atoms with Gasteiger partial charge in [0.1, 0.15) is 0 Å². The summed E-state index contributed by atoms with van der Waals surface area (Å²) >= 11 is 0. The van der Waals surface area contributed by atoms with E-state index in [-0.39, 0.29) is 0 Å². The zero-order valence-electron chi connectivity index (χ0n) is 11.4. The lowest BCUT2D eigenvalue weighted by Crippen LogP contribution is -2.18. The van der Waals surface area contributed by atoms with Gasteiger partial charge < -0.3 is 0 Å². The maximum atomic E-state index is 2.51. The van der Waals surface area contributed by atoms with Gasteiger partial charge in [-0.05, 0) is 60.7 Å². The Morgan fingerprint density at radius 3 is 2.68 bits per heavy atom. The molecule has 4 rings (SSSR count). The van der Waals surface area contributed by atoms with E-state index in [1.54, 1.807) is 11.1 Å². The Bertz CT molecular complexity index is 629. The fraction of sp³-hybridized carbons (Fsp3) is 0.333. The zero-order valence-corrected chi connectivity index (χ0v) is 11.4. The Labute approximate surface area is 114 Å². The molecule has 0 radical (unpaired) electrons. The van der Waals surface area contributed by atoms with Crippen LogP contribution in [0.4, 0.5) is 0 Å². The van der Waals surface area contributed by atoms with E-state index in [0.717, 1.165) is 6.42 Å². The van der Waals surface area contributed by atoms with Gasteiger partial charge in [-0.3, -0.25) is 4.90 Å². The lowest BCUT2D eigenvalue weighted by Gasteiger charge is -2.22. The third-order valence-corrected chi connectivity index (χ3v) is 4.77. The normalized spacial score (nSPS) is 21.4. The SMILES string of the molecule is CN1CCCC1c1cccc2c1Cc1ccccc1-2. The Kier molecular flexibility index (Phi) is 2.49. The highest BCUT2D eigenvalue weighted by Crippen LogP contribution is 2.42. The smallest absolute Gasteiger partial charge is 0.0348 e. The molecule has 2 aromatic rings. The number of nitrogens with zero attached hydrogens (tertiary/aromatic N) is 1. The summed E-state index contributed by atoms with van der Waals surface area (Å²) in [6, 6.07) is 16.4. The lowest BCUT2D eigenvalue weighted by molar-refractivity contribution is 0.316. The Hall–Kier alpha value is -1.60. The summed E-state index contributed by atoms with van der Waals surface area (Å²) in [7, 11) is 2.26. The first kappa shape index (κ1) is 11.2. The van der Waals surface area contributed by atoms with Crippen LogP contribution in [0.3, 0.4) is 0 Å². The van der Waals surface area contributed by atoms with Gasteiger partial charge in [0.25, 0.3) is 0 Å². The van der Waals surface area contributed by atoms with Crippen LogP contribution in [0.5, 0.6) is 0 Å². The summed E-state index contributed by atoms with van der Waals surface area (Å²) in [5.41, 5.74) is 7.54. The average Bonchev–Trinajstić information content (AvgIpc) is 3.02. The van der Waals surface area contributed by atoms with E-state index in [2.05, 4.69) is 54.4 Å². The minimum atomic E-state index is 0.629. The number of fused-ring (bicyclic) bond motifs is 3. The lowest BCUT2D eigenvalue weighted by atomic mass is 9.95. The molecule has 1 aliphatic heterocycles. The summed E-state index contributed by atoms with van der Waals surface area (Å²) in [5, 5.41) is 0. The first-order valence-corrected chi connectivity index (χ1v) is 7.25. The van der Waals surface area contributed by atoms with Crippen LogP contribution < -0.4 is 0 Å². The highest BCUT2D eigenvalue weighted by molar-refractivity contribution is 5.78. The van der Waals surface area contributed by atoms with Crippen molar-refractivity contribution in [2.75, 3.05) is 13.6 Å². The second kappa shape index (κ2) is 4.21. The van der Waals surface area contributed by atoms with Gasteiger partial charge in [-0.1, -0.05) is 42.5 Å². The highest BCUT2D eigenvalue weighted by Gasteiger charge is 2.28. The van der Waals surface area contributed by atoms with E-state index in [4.69, 9.17) is 0 Å². The largest absolute Gasteiger partial charge is 0.299 e. The third kappa shape index (κ3) is 1.65. The Morgan fingerprint density at radius 2 is 1.84 bits per heavy atom. The second-order valence-electron chi connectivity index (χ2n) is 5.85. The monoisotopic (exact) mass is 249 g/mol. The van der Waals surface area contributed by atoms with E-state index in [1.165, 1.54) is 36.1 Å².